The van der Waals surface area contributed by atoms with Gasteiger partial charge in [-0.15, -0.1) is 11.3 Å². The third-order valence-electron chi connectivity index (χ3n) is 3.55. The summed E-state index contributed by atoms with van der Waals surface area (Å²) in [5.74, 6) is 0.346. The summed E-state index contributed by atoms with van der Waals surface area (Å²) in [5, 5.41) is 5.00. The zero-order chi connectivity index (χ0) is 17.6. The Morgan fingerprint density at radius 2 is 1.96 bits per heavy atom. The average Bonchev–Trinajstić information content (AvgIpc) is 3.07. The van der Waals surface area contributed by atoms with E-state index in [4.69, 9.17) is 4.74 Å². The third kappa shape index (κ3) is 4.30. The summed E-state index contributed by atoms with van der Waals surface area (Å²) in [7, 11) is 0. The molecular formula is C18H17F2N3OS. The van der Waals surface area contributed by atoms with Crippen LogP contribution in [0.4, 0.5) is 14.6 Å². The van der Waals surface area contributed by atoms with Gasteiger partial charge in [0, 0.05) is 29.6 Å². The molecule has 7 heteroatoms. The molecule has 25 heavy (non-hydrogen) atoms. The zero-order valence-corrected chi connectivity index (χ0v) is 14.4. The molecule has 0 bridgehead atoms. The van der Waals surface area contributed by atoms with Gasteiger partial charge in [0.1, 0.15) is 29.5 Å². The van der Waals surface area contributed by atoms with Crippen LogP contribution in [0, 0.1) is 11.6 Å². The third-order valence-corrected chi connectivity index (χ3v) is 4.48. The van der Waals surface area contributed by atoms with Crippen molar-refractivity contribution in [2.45, 2.75) is 13.3 Å². The molecule has 3 aromatic rings. The number of benzene rings is 1. The molecule has 0 unspecified atom stereocenters. The number of halogens is 2. The predicted octanol–water partition coefficient (Wildman–Crippen LogP) is 4.54. The van der Waals surface area contributed by atoms with E-state index in [1.54, 1.807) is 6.07 Å². The SMILES string of the molecule is CCOc1csc(-c2cc(NCCc3c(F)cccc3F)ncn2)c1. The first-order valence-electron chi connectivity index (χ1n) is 7.88. The van der Waals surface area contributed by atoms with Crippen LogP contribution in [0.5, 0.6) is 5.75 Å². The van der Waals surface area contributed by atoms with Crippen molar-refractivity contribution in [1.82, 2.24) is 9.97 Å². The summed E-state index contributed by atoms with van der Waals surface area (Å²) in [6.45, 7) is 2.91. The van der Waals surface area contributed by atoms with E-state index < -0.39 is 11.6 Å². The fraction of sp³-hybridized carbons (Fsp3) is 0.222. The Morgan fingerprint density at radius 1 is 1.16 bits per heavy atom. The molecule has 1 aromatic carbocycles. The quantitative estimate of drug-likeness (QED) is 0.671. The second kappa shape index (κ2) is 8.02. The predicted molar refractivity (Wildman–Crippen MR) is 95.1 cm³/mol. The van der Waals surface area contributed by atoms with Crippen molar-refractivity contribution in [3.8, 4) is 16.3 Å². The Kier molecular flexibility index (Phi) is 5.55. The van der Waals surface area contributed by atoms with E-state index in [2.05, 4.69) is 15.3 Å². The molecule has 0 atom stereocenters. The molecule has 0 aliphatic heterocycles. The summed E-state index contributed by atoms with van der Waals surface area (Å²) < 4.78 is 32.7. The van der Waals surface area contributed by atoms with Gasteiger partial charge in [-0.25, -0.2) is 18.7 Å². The van der Waals surface area contributed by atoms with Crippen LogP contribution in [-0.4, -0.2) is 23.1 Å². The van der Waals surface area contributed by atoms with E-state index in [1.807, 2.05) is 18.4 Å². The zero-order valence-electron chi connectivity index (χ0n) is 13.6. The molecule has 130 valence electrons. The minimum Gasteiger partial charge on any atom is -0.493 e. The van der Waals surface area contributed by atoms with Crippen LogP contribution in [0.2, 0.25) is 0 Å². The van der Waals surface area contributed by atoms with Crippen molar-refractivity contribution in [3.05, 3.63) is 59.2 Å². The first kappa shape index (κ1) is 17.3. The van der Waals surface area contributed by atoms with E-state index in [0.29, 0.717) is 19.0 Å². The average molecular weight is 361 g/mol. The standard InChI is InChI=1S/C18H17F2N3OS/c1-2-24-12-8-17(25-10-12)16-9-18(23-11-22-16)21-7-6-13-14(19)4-3-5-15(13)20/h3-5,8-11H,2,6-7H2,1H3,(H,21,22,23). The number of nitrogens with one attached hydrogen (secondary N) is 1. The van der Waals surface area contributed by atoms with Gasteiger partial charge in [-0.3, -0.25) is 0 Å². The normalized spacial score (nSPS) is 10.7. The van der Waals surface area contributed by atoms with E-state index in [0.717, 1.165) is 16.3 Å². The molecule has 2 heterocycles. The molecule has 2 aromatic heterocycles. The minimum atomic E-state index is -0.535. The van der Waals surface area contributed by atoms with Crippen LogP contribution in [0.15, 0.2) is 42.0 Å². The van der Waals surface area contributed by atoms with Crippen LogP contribution in [-0.2, 0) is 6.42 Å². The van der Waals surface area contributed by atoms with Crippen LogP contribution in [0.25, 0.3) is 10.6 Å². The van der Waals surface area contributed by atoms with Gasteiger partial charge >= 0.3 is 0 Å². The highest BCUT2D eigenvalue weighted by atomic mass is 32.1. The van der Waals surface area contributed by atoms with E-state index in [9.17, 15) is 8.78 Å². The molecule has 0 spiro atoms. The first-order chi connectivity index (χ1) is 12.2. The molecule has 0 radical (unpaired) electrons. The van der Waals surface area contributed by atoms with Gasteiger partial charge in [0.15, 0.2) is 0 Å². The van der Waals surface area contributed by atoms with Gasteiger partial charge in [-0.1, -0.05) is 6.07 Å². The number of aromatic nitrogens is 2. The summed E-state index contributed by atoms with van der Waals surface area (Å²) in [5.41, 5.74) is 0.842. The Balaban J connectivity index is 1.65. The monoisotopic (exact) mass is 361 g/mol. The van der Waals surface area contributed by atoms with Crippen molar-refractivity contribution in [3.63, 3.8) is 0 Å². The molecular weight excluding hydrogens is 344 g/mol. The molecule has 4 nitrogen and oxygen atoms in total. The largest absolute Gasteiger partial charge is 0.493 e. The number of anilines is 1. The number of nitrogens with zero attached hydrogens (tertiary/aromatic N) is 2. The highest BCUT2D eigenvalue weighted by molar-refractivity contribution is 7.13. The Bertz CT molecular complexity index is 834. The number of thiophene rings is 1. The topological polar surface area (TPSA) is 47.0 Å². The number of rotatable bonds is 7. The lowest BCUT2D eigenvalue weighted by Crippen LogP contribution is -2.09. The Labute approximate surface area is 148 Å². The smallest absolute Gasteiger partial charge is 0.130 e. The lowest BCUT2D eigenvalue weighted by Gasteiger charge is -2.08. The second-order valence-electron chi connectivity index (χ2n) is 5.25. The van der Waals surface area contributed by atoms with E-state index in [-0.39, 0.29) is 12.0 Å². The van der Waals surface area contributed by atoms with Crippen LogP contribution in [0.3, 0.4) is 0 Å². The molecule has 0 fully saturated rings. The van der Waals surface area contributed by atoms with Crippen molar-refractivity contribution in [2.75, 3.05) is 18.5 Å². The molecule has 3 rings (SSSR count). The lowest BCUT2D eigenvalue weighted by atomic mass is 10.1. The van der Waals surface area contributed by atoms with E-state index in [1.165, 1.54) is 35.9 Å². The number of hydrogen-bond donors (Lipinski definition) is 1. The molecule has 0 amide bonds. The second-order valence-corrected chi connectivity index (χ2v) is 6.16. The summed E-state index contributed by atoms with van der Waals surface area (Å²) >= 11 is 1.53. The maximum Gasteiger partial charge on any atom is 0.130 e. The molecule has 0 saturated carbocycles. The summed E-state index contributed by atoms with van der Waals surface area (Å²) in [4.78, 5) is 9.38. The first-order valence-corrected chi connectivity index (χ1v) is 8.76. The number of ether oxygens (including phenoxy) is 1. The maximum absolute atomic E-state index is 13.6. The van der Waals surface area contributed by atoms with Crippen LogP contribution in [0.1, 0.15) is 12.5 Å². The maximum atomic E-state index is 13.6. The summed E-state index contributed by atoms with van der Waals surface area (Å²) in [6, 6.07) is 7.60. The summed E-state index contributed by atoms with van der Waals surface area (Å²) in [6.07, 6.45) is 1.69. The molecule has 0 saturated heterocycles. The molecule has 0 aliphatic carbocycles. The highest BCUT2D eigenvalue weighted by Crippen LogP contribution is 2.30. The van der Waals surface area contributed by atoms with Crippen molar-refractivity contribution in [2.24, 2.45) is 0 Å². The lowest BCUT2D eigenvalue weighted by molar-refractivity contribution is 0.342. The van der Waals surface area contributed by atoms with Gasteiger partial charge in [-0.05, 0) is 25.5 Å². The van der Waals surface area contributed by atoms with Crippen LogP contribution >= 0.6 is 11.3 Å². The fourth-order valence-electron chi connectivity index (χ4n) is 2.37. The van der Waals surface area contributed by atoms with Crippen molar-refractivity contribution < 1.29 is 13.5 Å². The van der Waals surface area contributed by atoms with Gasteiger partial charge in [-0.2, -0.15) is 0 Å². The van der Waals surface area contributed by atoms with E-state index >= 15 is 0 Å². The Morgan fingerprint density at radius 3 is 2.72 bits per heavy atom. The van der Waals surface area contributed by atoms with Crippen molar-refractivity contribution in [1.29, 1.82) is 0 Å². The Hall–Kier alpha value is -2.54. The highest BCUT2D eigenvalue weighted by Gasteiger charge is 2.09. The van der Waals surface area contributed by atoms with Gasteiger partial charge < -0.3 is 10.1 Å². The fourth-order valence-corrected chi connectivity index (χ4v) is 3.17. The van der Waals surface area contributed by atoms with Crippen LogP contribution < -0.4 is 10.1 Å². The van der Waals surface area contributed by atoms with Gasteiger partial charge in [0.25, 0.3) is 0 Å². The number of hydrogen-bond acceptors (Lipinski definition) is 5. The molecule has 0 aliphatic rings. The minimum absolute atomic E-state index is 0.0730. The van der Waals surface area contributed by atoms with Crippen molar-refractivity contribution >= 4 is 17.2 Å². The molecule has 1 N–H and O–H groups in total. The van der Waals surface area contributed by atoms with Gasteiger partial charge in [0.2, 0.25) is 0 Å². The van der Waals surface area contributed by atoms with Gasteiger partial charge in [0.05, 0.1) is 17.2 Å².